The van der Waals surface area contributed by atoms with Crippen LogP contribution < -0.4 is 4.90 Å². The maximum absolute atomic E-state index is 13.6. The third kappa shape index (κ3) is 3.36. The molecule has 0 radical (unpaired) electrons. The summed E-state index contributed by atoms with van der Waals surface area (Å²) in [7, 11) is 0. The summed E-state index contributed by atoms with van der Waals surface area (Å²) in [4.78, 5) is 26.8. The molecule has 0 saturated carbocycles. The van der Waals surface area contributed by atoms with Gasteiger partial charge in [0.1, 0.15) is 0 Å². The van der Waals surface area contributed by atoms with Crippen molar-refractivity contribution in [3.8, 4) is 11.1 Å². The molecule has 4 heteroatoms. The third-order valence-electron chi connectivity index (χ3n) is 5.99. The van der Waals surface area contributed by atoms with Gasteiger partial charge in [0, 0.05) is 16.9 Å². The summed E-state index contributed by atoms with van der Waals surface area (Å²) in [5.74, 6) is -0.0499. The van der Waals surface area contributed by atoms with Crippen molar-refractivity contribution in [2.75, 3.05) is 4.90 Å². The van der Waals surface area contributed by atoms with E-state index in [4.69, 9.17) is 0 Å². The Kier molecular flexibility index (Phi) is 4.75. The Hall–Kier alpha value is -3.92. The Morgan fingerprint density at radius 1 is 0.839 bits per heavy atom. The predicted molar refractivity (Wildman–Crippen MR) is 122 cm³/mol. The van der Waals surface area contributed by atoms with Gasteiger partial charge in [0.05, 0.1) is 18.8 Å². The molecule has 2 heterocycles. The van der Waals surface area contributed by atoms with Crippen LogP contribution in [-0.2, 0) is 13.1 Å². The van der Waals surface area contributed by atoms with E-state index < -0.39 is 0 Å². The van der Waals surface area contributed by atoms with Crippen LogP contribution in [0.4, 0.5) is 5.69 Å². The zero-order valence-corrected chi connectivity index (χ0v) is 17.3. The minimum Gasteiger partial charge on any atom is -0.336 e. The first-order chi connectivity index (χ1) is 15.2. The van der Waals surface area contributed by atoms with Crippen LogP contribution in [0.2, 0.25) is 0 Å². The molecule has 152 valence electrons. The third-order valence-corrected chi connectivity index (χ3v) is 5.99. The first-order valence-electron chi connectivity index (χ1n) is 10.3. The summed E-state index contributed by atoms with van der Waals surface area (Å²) in [6.45, 7) is 3.08. The van der Waals surface area contributed by atoms with E-state index in [1.54, 1.807) is 0 Å². The quantitative estimate of drug-likeness (QED) is 0.423. The SMILES string of the molecule is Cc1ccccc1-c1ccc(C(=O)N2Cc3ccc(C=O)n3Cc3ccccc32)cc1. The Labute approximate surface area is 181 Å². The number of carbonyl (C=O) groups is 2. The summed E-state index contributed by atoms with van der Waals surface area (Å²) in [5, 5.41) is 0. The van der Waals surface area contributed by atoms with Crippen LogP contribution in [0.1, 0.15) is 37.7 Å². The van der Waals surface area contributed by atoms with Gasteiger partial charge in [0.15, 0.2) is 6.29 Å². The molecule has 1 aromatic heterocycles. The number of rotatable bonds is 3. The average molecular weight is 406 g/mol. The van der Waals surface area contributed by atoms with E-state index in [0.717, 1.165) is 28.8 Å². The lowest BCUT2D eigenvalue weighted by Gasteiger charge is -2.23. The van der Waals surface area contributed by atoms with Gasteiger partial charge in [-0.25, -0.2) is 0 Å². The number of amides is 1. The van der Waals surface area contributed by atoms with Crippen molar-refractivity contribution < 1.29 is 9.59 Å². The van der Waals surface area contributed by atoms with E-state index in [2.05, 4.69) is 19.1 Å². The summed E-state index contributed by atoms with van der Waals surface area (Å²) < 4.78 is 1.99. The molecule has 0 fully saturated rings. The Balaban J connectivity index is 1.52. The fraction of sp³-hybridized carbons (Fsp3) is 0.111. The van der Waals surface area contributed by atoms with Crippen molar-refractivity contribution in [1.82, 2.24) is 4.57 Å². The van der Waals surface area contributed by atoms with Crippen molar-refractivity contribution >= 4 is 17.9 Å². The van der Waals surface area contributed by atoms with Gasteiger partial charge in [0.25, 0.3) is 5.91 Å². The number of aryl methyl sites for hydroxylation is 1. The number of anilines is 1. The largest absolute Gasteiger partial charge is 0.336 e. The van der Waals surface area contributed by atoms with Crippen LogP contribution in [0.5, 0.6) is 0 Å². The lowest BCUT2D eigenvalue weighted by Crippen LogP contribution is -2.30. The number of aldehydes is 1. The number of fused-ring (bicyclic) bond motifs is 2. The van der Waals surface area contributed by atoms with E-state index in [-0.39, 0.29) is 5.91 Å². The van der Waals surface area contributed by atoms with Crippen molar-refractivity contribution in [2.24, 2.45) is 0 Å². The molecule has 0 aliphatic carbocycles. The predicted octanol–water partition coefficient (Wildman–Crippen LogP) is 5.48. The van der Waals surface area contributed by atoms with Gasteiger partial charge < -0.3 is 9.47 Å². The average Bonchev–Trinajstić information content (AvgIpc) is 3.11. The molecule has 1 aliphatic rings. The van der Waals surface area contributed by atoms with E-state index in [9.17, 15) is 9.59 Å². The van der Waals surface area contributed by atoms with Gasteiger partial charge in [-0.2, -0.15) is 0 Å². The fourth-order valence-electron chi connectivity index (χ4n) is 4.31. The maximum Gasteiger partial charge on any atom is 0.258 e. The molecule has 5 rings (SSSR count). The zero-order chi connectivity index (χ0) is 21.4. The van der Waals surface area contributed by atoms with Crippen LogP contribution in [-0.4, -0.2) is 16.8 Å². The highest BCUT2D eigenvalue weighted by molar-refractivity contribution is 6.06. The molecule has 0 bridgehead atoms. The van der Waals surface area contributed by atoms with Crippen LogP contribution in [0.25, 0.3) is 11.1 Å². The van der Waals surface area contributed by atoms with Crippen molar-refractivity contribution in [1.29, 1.82) is 0 Å². The summed E-state index contributed by atoms with van der Waals surface area (Å²) >= 11 is 0. The van der Waals surface area contributed by atoms with Crippen LogP contribution >= 0.6 is 0 Å². The summed E-state index contributed by atoms with van der Waals surface area (Å²) in [5.41, 5.74) is 7.58. The zero-order valence-electron chi connectivity index (χ0n) is 17.3. The number of para-hydroxylation sites is 1. The smallest absolute Gasteiger partial charge is 0.258 e. The van der Waals surface area contributed by atoms with Crippen LogP contribution in [0.15, 0.2) is 84.9 Å². The van der Waals surface area contributed by atoms with Gasteiger partial charge in [-0.15, -0.1) is 0 Å². The van der Waals surface area contributed by atoms with Gasteiger partial charge in [-0.1, -0.05) is 54.6 Å². The monoisotopic (exact) mass is 406 g/mol. The molecular weight excluding hydrogens is 384 g/mol. The highest BCUT2D eigenvalue weighted by atomic mass is 16.2. The van der Waals surface area contributed by atoms with Crippen LogP contribution in [0.3, 0.4) is 0 Å². The second-order valence-corrected chi connectivity index (χ2v) is 7.87. The molecular formula is C27H22N2O2. The molecule has 1 amide bonds. The van der Waals surface area contributed by atoms with Crippen molar-refractivity contribution in [3.05, 3.63) is 113 Å². The van der Waals surface area contributed by atoms with E-state index in [0.29, 0.717) is 24.3 Å². The van der Waals surface area contributed by atoms with Crippen molar-refractivity contribution in [3.63, 3.8) is 0 Å². The molecule has 0 spiro atoms. The molecule has 0 N–H and O–H groups in total. The first-order valence-corrected chi connectivity index (χ1v) is 10.3. The molecule has 0 unspecified atom stereocenters. The number of carbonyl (C=O) groups excluding carboxylic acids is 2. The van der Waals surface area contributed by atoms with Gasteiger partial charge >= 0.3 is 0 Å². The Morgan fingerprint density at radius 3 is 2.35 bits per heavy atom. The molecule has 3 aromatic carbocycles. The normalized spacial score (nSPS) is 12.6. The highest BCUT2D eigenvalue weighted by Crippen LogP contribution is 2.30. The second-order valence-electron chi connectivity index (χ2n) is 7.87. The van der Waals surface area contributed by atoms with Gasteiger partial charge in [-0.05, 0) is 59.5 Å². The Morgan fingerprint density at radius 2 is 1.58 bits per heavy atom. The molecule has 1 aliphatic heterocycles. The lowest BCUT2D eigenvalue weighted by molar-refractivity contribution is 0.0984. The van der Waals surface area contributed by atoms with E-state index in [1.165, 1.54) is 11.1 Å². The first kappa shape index (κ1) is 19.1. The number of hydrogen-bond donors (Lipinski definition) is 0. The molecule has 31 heavy (non-hydrogen) atoms. The fourth-order valence-corrected chi connectivity index (χ4v) is 4.31. The van der Waals surface area contributed by atoms with E-state index in [1.807, 2.05) is 82.3 Å². The minimum atomic E-state index is -0.0499. The molecule has 4 nitrogen and oxygen atoms in total. The van der Waals surface area contributed by atoms with Gasteiger partial charge in [0.2, 0.25) is 0 Å². The molecule has 0 saturated heterocycles. The number of aromatic nitrogens is 1. The number of benzene rings is 3. The van der Waals surface area contributed by atoms with Crippen molar-refractivity contribution in [2.45, 2.75) is 20.0 Å². The number of hydrogen-bond acceptors (Lipinski definition) is 2. The maximum atomic E-state index is 13.6. The standard InChI is InChI=1S/C27H22N2O2/c1-19-6-2-4-8-25(19)20-10-12-21(13-11-20)27(31)29-17-23-14-15-24(18-30)28(23)16-22-7-3-5-9-26(22)29/h2-15,18H,16-17H2,1H3. The van der Waals surface area contributed by atoms with Crippen LogP contribution in [0, 0.1) is 6.92 Å². The Bertz CT molecular complexity index is 1280. The molecule has 4 aromatic rings. The summed E-state index contributed by atoms with van der Waals surface area (Å²) in [6.07, 6.45) is 0.869. The number of nitrogens with zero attached hydrogens (tertiary/aromatic N) is 2. The van der Waals surface area contributed by atoms with E-state index >= 15 is 0 Å². The lowest BCUT2D eigenvalue weighted by atomic mass is 9.99. The minimum absolute atomic E-state index is 0.0499. The molecule has 0 atom stereocenters. The second kappa shape index (κ2) is 7.73. The summed E-state index contributed by atoms with van der Waals surface area (Å²) in [6, 6.07) is 27.7. The highest BCUT2D eigenvalue weighted by Gasteiger charge is 2.25. The topological polar surface area (TPSA) is 42.3 Å². The van der Waals surface area contributed by atoms with Gasteiger partial charge in [-0.3, -0.25) is 9.59 Å².